The SMILES string of the molecule is CCN1CCN(c2cccc3c2C[C@H](NC(C)=O)CC3)CC1. The Balaban J connectivity index is 1.77. The Labute approximate surface area is 133 Å². The van der Waals surface area contributed by atoms with Gasteiger partial charge in [0, 0.05) is 44.8 Å². The van der Waals surface area contributed by atoms with Gasteiger partial charge < -0.3 is 15.1 Å². The standard InChI is InChI=1S/C18H27N3O/c1-3-20-9-11-21(12-10-20)18-6-4-5-15-7-8-16(13-17(15)18)19-14(2)22/h4-6,16H,3,7-13H2,1-2H3,(H,19,22)/t16-/m1/s1. The molecule has 1 fully saturated rings. The second-order valence-electron chi connectivity index (χ2n) is 6.48. The van der Waals surface area contributed by atoms with Crippen LogP contribution < -0.4 is 10.2 Å². The number of amides is 1. The highest BCUT2D eigenvalue weighted by Gasteiger charge is 2.25. The fraction of sp³-hybridized carbons (Fsp3) is 0.611. The van der Waals surface area contributed by atoms with Gasteiger partial charge in [-0.1, -0.05) is 19.1 Å². The van der Waals surface area contributed by atoms with Gasteiger partial charge in [-0.05, 0) is 43.0 Å². The number of carbonyl (C=O) groups is 1. The molecule has 1 amide bonds. The molecule has 1 aliphatic heterocycles. The van der Waals surface area contributed by atoms with Crippen LogP contribution in [0.4, 0.5) is 5.69 Å². The van der Waals surface area contributed by atoms with Crippen molar-refractivity contribution >= 4 is 11.6 Å². The van der Waals surface area contributed by atoms with Crippen molar-refractivity contribution in [2.75, 3.05) is 37.6 Å². The van der Waals surface area contributed by atoms with Gasteiger partial charge in [0.1, 0.15) is 0 Å². The fourth-order valence-electron chi connectivity index (χ4n) is 3.78. The lowest BCUT2D eigenvalue weighted by molar-refractivity contribution is -0.119. The van der Waals surface area contributed by atoms with Crippen molar-refractivity contribution in [1.82, 2.24) is 10.2 Å². The molecule has 1 heterocycles. The number of carbonyl (C=O) groups excluding carboxylic acids is 1. The number of nitrogens with zero attached hydrogens (tertiary/aromatic N) is 2. The minimum Gasteiger partial charge on any atom is -0.369 e. The van der Waals surface area contributed by atoms with Crippen LogP contribution in [0.3, 0.4) is 0 Å². The third kappa shape index (κ3) is 3.27. The Bertz CT molecular complexity index is 535. The Morgan fingerprint density at radius 1 is 1.27 bits per heavy atom. The minimum absolute atomic E-state index is 0.0856. The van der Waals surface area contributed by atoms with Gasteiger partial charge >= 0.3 is 0 Å². The van der Waals surface area contributed by atoms with Crippen LogP contribution in [-0.4, -0.2) is 49.6 Å². The monoisotopic (exact) mass is 301 g/mol. The van der Waals surface area contributed by atoms with E-state index in [1.165, 1.54) is 16.8 Å². The van der Waals surface area contributed by atoms with Crippen molar-refractivity contribution in [2.24, 2.45) is 0 Å². The van der Waals surface area contributed by atoms with Gasteiger partial charge in [-0.15, -0.1) is 0 Å². The molecule has 1 atom stereocenters. The quantitative estimate of drug-likeness (QED) is 0.925. The summed E-state index contributed by atoms with van der Waals surface area (Å²) in [5.74, 6) is 0.0856. The molecular weight excluding hydrogens is 274 g/mol. The molecular formula is C18H27N3O. The van der Waals surface area contributed by atoms with E-state index in [0.29, 0.717) is 6.04 Å². The highest BCUT2D eigenvalue weighted by molar-refractivity contribution is 5.73. The molecule has 1 aliphatic carbocycles. The maximum Gasteiger partial charge on any atom is 0.217 e. The minimum atomic E-state index is 0.0856. The van der Waals surface area contributed by atoms with Crippen molar-refractivity contribution in [3.8, 4) is 0 Å². The van der Waals surface area contributed by atoms with Gasteiger partial charge in [-0.3, -0.25) is 4.79 Å². The average molecular weight is 301 g/mol. The molecule has 0 saturated carbocycles. The number of nitrogens with one attached hydrogen (secondary N) is 1. The second-order valence-corrected chi connectivity index (χ2v) is 6.48. The summed E-state index contributed by atoms with van der Waals surface area (Å²) in [5.41, 5.74) is 4.32. The van der Waals surface area contributed by atoms with Gasteiger partial charge in [0.05, 0.1) is 0 Å². The lowest BCUT2D eigenvalue weighted by Gasteiger charge is -2.38. The molecule has 4 heteroatoms. The Kier molecular flexibility index (Phi) is 4.67. The lowest BCUT2D eigenvalue weighted by Crippen LogP contribution is -2.47. The van der Waals surface area contributed by atoms with E-state index in [9.17, 15) is 4.79 Å². The van der Waals surface area contributed by atoms with E-state index in [0.717, 1.165) is 52.0 Å². The van der Waals surface area contributed by atoms with Gasteiger partial charge in [-0.2, -0.15) is 0 Å². The largest absolute Gasteiger partial charge is 0.369 e. The van der Waals surface area contributed by atoms with E-state index in [2.05, 4.69) is 40.2 Å². The molecule has 0 radical (unpaired) electrons. The smallest absolute Gasteiger partial charge is 0.217 e. The van der Waals surface area contributed by atoms with Crippen LogP contribution in [0.25, 0.3) is 0 Å². The third-order valence-electron chi connectivity index (χ3n) is 5.03. The average Bonchev–Trinajstić information content (AvgIpc) is 2.54. The summed E-state index contributed by atoms with van der Waals surface area (Å²) in [6, 6.07) is 7.00. The Morgan fingerprint density at radius 2 is 2.05 bits per heavy atom. The number of piperazine rings is 1. The molecule has 22 heavy (non-hydrogen) atoms. The van der Waals surface area contributed by atoms with Crippen molar-refractivity contribution in [1.29, 1.82) is 0 Å². The molecule has 1 aromatic rings. The van der Waals surface area contributed by atoms with E-state index in [-0.39, 0.29) is 5.91 Å². The number of fused-ring (bicyclic) bond motifs is 1. The number of benzene rings is 1. The molecule has 0 spiro atoms. The highest BCUT2D eigenvalue weighted by atomic mass is 16.1. The number of hydrogen-bond acceptors (Lipinski definition) is 3. The zero-order valence-electron chi connectivity index (χ0n) is 13.8. The summed E-state index contributed by atoms with van der Waals surface area (Å²) in [7, 11) is 0. The molecule has 1 aromatic carbocycles. The first-order chi connectivity index (χ1) is 10.7. The molecule has 0 bridgehead atoms. The zero-order valence-corrected chi connectivity index (χ0v) is 13.8. The molecule has 120 valence electrons. The zero-order chi connectivity index (χ0) is 15.5. The molecule has 0 aromatic heterocycles. The van der Waals surface area contributed by atoms with Gasteiger partial charge in [0.2, 0.25) is 5.91 Å². The molecule has 2 aliphatic rings. The van der Waals surface area contributed by atoms with Crippen LogP contribution >= 0.6 is 0 Å². The summed E-state index contributed by atoms with van der Waals surface area (Å²) < 4.78 is 0. The van der Waals surface area contributed by atoms with Crippen LogP contribution in [0.1, 0.15) is 31.4 Å². The summed E-state index contributed by atoms with van der Waals surface area (Å²) >= 11 is 0. The van der Waals surface area contributed by atoms with Gasteiger partial charge in [-0.25, -0.2) is 0 Å². The van der Waals surface area contributed by atoms with E-state index in [1.807, 2.05) is 0 Å². The van der Waals surface area contributed by atoms with E-state index in [4.69, 9.17) is 0 Å². The number of aryl methyl sites for hydroxylation is 1. The highest BCUT2D eigenvalue weighted by Crippen LogP contribution is 2.31. The van der Waals surface area contributed by atoms with Crippen molar-refractivity contribution < 1.29 is 4.79 Å². The normalized spacial score (nSPS) is 22.3. The van der Waals surface area contributed by atoms with Crippen molar-refractivity contribution in [2.45, 2.75) is 39.2 Å². The molecule has 0 unspecified atom stereocenters. The number of rotatable bonds is 3. The molecule has 1 saturated heterocycles. The summed E-state index contributed by atoms with van der Waals surface area (Å²) in [4.78, 5) is 16.4. The summed E-state index contributed by atoms with van der Waals surface area (Å²) in [5, 5.41) is 3.10. The first kappa shape index (κ1) is 15.3. The number of anilines is 1. The first-order valence-corrected chi connectivity index (χ1v) is 8.52. The van der Waals surface area contributed by atoms with Crippen LogP contribution in [0.15, 0.2) is 18.2 Å². The molecule has 4 nitrogen and oxygen atoms in total. The maximum atomic E-state index is 11.4. The summed E-state index contributed by atoms with van der Waals surface area (Å²) in [6.07, 6.45) is 3.10. The van der Waals surface area contributed by atoms with E-state index in [1.54, 1.807) is 6.92 Å². The topological polar surface area (TPSA) is 35.6 Å². The van der Waals surface area contributed by atoms with Crippen LogP contribution in [0, 0.1) is 0 Å². The number of likely N-dealkylation sites (N-methyl/N-ethyl adjacent to an activating group) is 1. The predicted molar refractivity (Wildman–Crippen MR) is 90.4 cm³/mol. The van der Waals surface area contributed by atoms with Crippen molar-refractivity contribution in [3.63, 3.8) is 0 Å². The molecule has 1 N–H and O–H groups in total. The van der Waals surface area contributed by atoms with Crippen LogP contribution in [-0.2, 0) is 17.6 Å². The van der Waals surface area contributed by atoms with Crippen molar-refractivity contribution in [3.05, 3.63) is 29.3 Å². The third-order valence-corrected chi connectivity index (χ3v) is 5.03. The second kappa shape index (κ2) is 6.69. The van der Waals surface area contributed by atoms with E-state index >= 15 is 0 Å². The Morgan fingerprint density at radius 3 is 2.73 bits per heavy atom. The van der Waals surface area contributed by atoms with E-state index < -0.39 is 0 Å². The van der Waals surface area contributed by atoms with Crippen LogP contribution in [0.2, 0.25) is 0 Å². The first-order valence-electron chi connectivity index (χ1n) is 8.52. The van der Waals surface area contributed by atoms with Gasteiger partial charge in [0.25, 0.3) is 0 Å². The summed E-state index contributed by atoms with van der Waals surface area (Å²) in [6.45, 7) is 9.50. The van der Waals surface area contributed by atoms with Crippen LogP contribution in [0.5, 0.6) is 0 Å². The lowest BCUT2D eigenvalue weighted by atomic mass is 9.86. The predicted octanol–water partition coefficient (Wildman–Crippen LogP) is 1.82. The Hall–Kier alpha value is -1.55. The number of hydrogen-bond donors (Lipinski definition) is 1. The fourth-order valence-corrected chi connectivity index (χ4v) is 3.78. The maximum absolute atomic E-state index is 11.4. The van der Waals surface area contributed by atoms with Gasteiger partial charge in [0.15, 0.2) is 0 Å². The molecule has 3 rings (SSSR count).